The first-order valence-electron chi connectivity index (χ1n) is 7.42. The molecule has 98 valence electrons. The molecule has 3 rings (SSSR count). The molecule has 3 aliphatic rings. The Hall–Kier alpha value is -0.850. The van der Waals surface area contributed by atoms with E-state index in [0.29, 0.717) is 11.2 Å². The molecule has 0 saturated heterocycles. The largest absolute Gasteiger partial charge is 0.295 e. The molecule has 0 spiro atoms. The van der Waals surface area contributed by atoms with E-state index in [1.165, 1.54) is 31.3 Å². The quantitative estimate of drug-likeness (QED) is 0.570. The molecular weight excluding hydrogens is 220 g/mol. The fraction of sp³-hybridized carbons (Fsp3) is 0.706. The summed E-state index contributed by atoms with van der Waals surface area (Å²) in [5, 5.41) is 0. The summed E-state index contributed by atoms with van der Waals surface area (Å²) >= 11 is 0. The van der Waals surface area contributed by atoms with Gasteiger partial charge in [0.1, 0.15) is 0 Å². The highest BCUT2D eigenvalue weighted by Gasteiger charge is 2.49. The van der Waals surface area contributed by atoms with E-state index >= 15 is 0 Å². The van der Waals surface area contributed by atoms with Crippen LogP contribution < -0.4 is 0 Å². The Bertz CT molecular complexity index is 468. The van der Waals surface area contributed by atoms with Crippen LogP contribution in [0.3, 0.4) is 0 Å². The van der Waals surface area contributed by atoms with E-state index in [1.807, 2.05) is 0 Å². The highest BCUT2D eigenvalue weighted by atomic mass is 16.1. The molecule has 0 amide bonds. The van der Waals surface area contributed by atoms with Crippen molar-refractivity contribution in [2.75, 3.05) is 0 Å². The van der Waals surface area contributed by atoms with Crippen LogP contribution in [0.1, 0.15) is 65.7 Å². The first kappa shape index (κ1) is 12.2. The number of hydrogen-bond acceptors (Lipinski definition) is 1. The zero-order valence-electron chi connectivity index (χ0n) is 11.9. The summed E-state index contributed by atoms with van der Waals surface area (Å²) in [5.41, 5.74) is 4.82. The lowest BCUT2D eigenvalue weighted by Crippen LogP contribution is -2.42. The lowest BCUT2D eigenvalue weighted by Gasteiger charge is -2.53. The molecule has 0 bridgehead atoms. The van der Waals surface area contributed by atoms with Gasteiger partial charge in [-0.15, -0.1) is 0 Å². The molecule has 0 radical (unpaired) electrons. The molecule has 1 nitrogen and oxygen atoms in total. The predicted octanol–water partition coefficient (Wildman–Crippen LogP) is 4.58. The average Bonchev–Trinajstić information content (AvgIpc) is 2.34. The van der Waals surface area contributed by atoms with Crippen LogP contribution in [-0.2, 0) is 4.79 Å². The van der Waals surface area contributed by atoms with Gasteiger partial charge in [0, 0.05) is 11.8 Å². The van der Waals surface area contributed by atoms with Gasteiger partial charge in [-0.2, -0.15) is 0 Å². The minimum Gasteiger partial charge on any atom is -0.295 e. The lowest BCUT2D eigenvalue weighted by molar-refractivity contribution is -0.116. The van der Waals surface area contributed by atoms with Gasteiger partial charge < -0.3 is 0 Å². The van der Waals surface area contributed by atoms with Crippen LogP contribution in [0.2, 0.25) is 0 Å². The van der Waals surface area contributed by atoms with E-state index in [-0.39, 0.29) is 5.41 Å². The smallest absolute Gasteiger partial charge is 0.158 e. The number of carbonyl (C=O) groups is 1. The second-order valence-electron chi connectivity index (χ2n) is 6.93. The molecule has 0 aromatic carbocycles. The minimum atomic E-state index is 0.200. The van der Waals surface area contributed by atoms with Gasteiger partial charge in [-0.25, -0.2) is 0 Å². The third-order valence-electron chi connectivity index (χ3n) is 5.84. The van der Waals surface area contributed by atoms with E-state index < -0.39 is 0 Å². The standard InChI is InChI=1S/C17H24O/c1-12-13-7-10-16(2)9-5-4-6-15(16)17(13,3)11-8-14(12)18/h6H,4-5,7-11H2,1-3H3. The fourth-order valence-electron chi connectivity index (χ4n) is 4.72. The number of hydrogen-bond donors (Lipinski definition) is 0. The first-order valence-corrected chi connectivity index (χ1v) is 7.42. The van der Waals surface area contributed by atoms with Crippen LogP contribution in [0.25, 0.3) is 0 Å². The molecular formula is C17H24O. The predicted molar refractivity (Wildman–Crippen MR) is 74.3 cm³/mol. The number of carbonyl (C=O) groups excluding carboxylic acids is 1. The number of fused-ring (bicyclic) bond motifs is 3. The first-order chi connectivity index (χ1) is 8.47. The maximum Gasteiger partial charge on any atom is 0.158 e. The zero-order chi connectivity index (χ0) is 13.0. The molecule has 0 N–H and O–H groups in total. The second kappa shape index (κ2) is 3.82. The number of rotatable bonds is 0. The molecule has 0 heterocycles. The molecule has 0 aromatic rings. The van der Waals surface area contributed by atoms with Gasteiger partial charge in [0.2, 0.25) is 0 Å². The van der Waals surface area contributed by atoms with Gasteiger partial charge in [0.15, 0.2) is 5.78 Å². The fourth-order valence-corrected chi connectivity index (χ4v) is 4.72. The summed E-state index contributed by atoms with van der Waals surface area (Å²) in [6.45, 7) is 6.90. The van der Waals surface area contributed by atoms with Gasteiger partial charge in [-0.3, -0.25) is 4.79 Å². The highest BCUT2D eigenvalue weighted by molar-refractivity contribution is 5.97. The highest BCUT2D eigenvalue weighted by Crippen LogP contribution is 2.60. The number of allylic oxidation sites excluding steroid dienone is 4. The Morgan fingerprint density at radius 1 is 1.11 bits per heavy atom. The summed E-state index contributed by atoms with van der Waals surface area (Å²) < 4.78 is 0. The van der Waals surface area contributed by atoms with Gasteiger partial charge >= 0.3 is 0 Å². The maximum absolute atomic E-state index is 12.0. The maximum atomic E-state index is 12.0. The summed E-state index contributed by atoms with van der Waals surface area (Å²) in [7, 11) is 0. The summed E-state index contributed by atoms with van der Waals surface area (Å²) in [6, 6.07) is 0. The van der Waals surface area contributed by atoms with Crippen LogP contribution in [0, 0.1) is 10.8 Å². The normalized spacial score (nSPS) is 40.2. The van der Waals surface area contributed by atoms with Crippen LogP contribution >= 0.6 is 0 Å². The van der Waals surface area contributed by atoms with E-state index in [2.05, 4.69) is 26.8 Å². The van der Waals surface area contributed by atoms with Crippen LogP contribution in [-0.4, -0.2) is 5.78 Å². The van der Waals surface area contributed by atoms with Crippen molar-refractivity contribution in [1.29, 1.82) is 0 Å². The van der Waals surface area contributed by atoms with E-state index in [0.717, 1.165) is 24.8 Å². The Kier molecular flexibility index (Phi) is 2.59. The lowest BCUT2D eigenvalue weighted by atomic mass is 9.51. The topological polar surface area (TPSA) is 17.1 Å². The molecule has 18 heavy (non-hydrogen) atoms. The second-order valence-corrected chi connectivity index (χ2v) is 6.93. The van der Waals surface area contributed by atoms with Crippen molar-refractivity contribution < 1.29 is 4.79 Å². The molecule has 0 aliphatic heterocycles. The van der Waals surface area contributed by atoms with Gasteiger partial charge in [0.25, 0.3) is 0 Å². The van der Waals surface area contributed by atoms with Crippen molar-refractivity contribution in [3.63, 3.8) is 0 Å². The van der Waals surface area contributed by atoms with E-state index in [4.69, 9.17) is 0 Å². The van der Waals surface area contributed by atoms with Crippen molar-refractivity contribution in [2.24, 2.45) is 10.8 Å². The monoisotopic (exact) mass is 244 g/mol. The SMILES string of the molecule is CC1=C2CCC3(C)CCCC=C3C2(C)CCC1=O. The van der Waals surface area contributed by atoms with Gasteiger partial charge in [-0.05, 0) is 56.4 Å². The molecule has 2 unspecified atom stereocenters. The Balaban J connectivity index is 2.14. The zero-order valence-corrected chi connectivity index (χ0v) is 11.9. The minimum absolute atomic E-state index is 0.200. The van der Waals surface area contributed by atoms with Crippen LogP contribution in [0.5, 0.6) is 0 Å². The molecule has 1 fully saturated rings. The van der Waals surface area contributed by atoms with Crippen molar-refractivity contribution >= 4 is 5.78 Å². The average molecular weight is 244 g/mol. The summed E-state index contributed by atoms with van der Waals surface area (Å²) in [4.78, 5) is 12.0. The molecule has 2 atom stereocenters. The van der Waals surface area contributed by atoms with Crippen molar-refractivity contribution in [3.8, 4) is 0 Å². The Labute approximate surface area is 110 Å². The third-order valence-corrected chi connectivity index (χ3v) is 5.84. The molecule has 1 saturated carbocycles. The van der Waals surface area contributed by atoms with Crippen LogP contribution in [0.15, 0.2) is 22.8 Å². The Morgan fingerprint density at radius 2 is 1.89 bits per heavy atom. The van der Waals surface area contributed by atoms with Crippen LogP contribution in [0.4, 0.5) is 0 Å². The third kappa shape index (κ3) is 1.49. The summed E-state index contributed by atoms with van der Waals surface area (Å²) in [6.07, 6.45) is 10.6. The number of ketones is 1. The van der Waals surface area contributed by atoms with Crippen molar-refractivity contribution in [1.82, 2.24) is 0 Å². The van der Waals surface area contributed by atoms with Gasteiger partial charge in [0.05, 0.1) is 0 Å². The van der Waals surface area contributed by atoms with E-state index in [1.54, 1.807) is 5.57 Å². The van der Waals surface area contributed by atoms with Crippen molar-refractivity contribution in [2.45, 2.75) is 65.7 Å². The van der Waals surface area contributed by atoms with Gasteiger partial charge in [-0.1, -0.05) is 31.1 Å². The summed E-state index contributed by atoms with van der Waals surface area (Å²) in [5.74, 6) is 0.391. The molecule has 3 aliphatic carbocycles. The van der Waals surface area contributed by atoms with E-state index in [9.17, 15) is 4.79 Å². The Morgan fingerprint density at radius 3 is 2.67 bits per heavy atom. The van der Waals surface area contributed by atoms with Crippen molar-refractivity contribution in [3.05, 3.63) is 22.8 Å². The molecule has 1 heteroatoms. The number of Topliss-reactive ketones (excluding diaryl/α,β-unsaturated/α-hetero) is 1. The molecule has 0 aromatic heterocycles.